The molecular formula is C44H52ClN3O10. The number of aryl methyl sites for hydroxylation is 1. The summed E-state index contributed by atoms with van der Waals surface area (Å²) in [6, 6.07) is 24.2. The zero-order valence-electron chi connectivity index (χ0n) is 34.2. The van der Waals surface area contributed by atoms with Gasteiger partial charge in [0.2, 0.25) is 5.91 Å². The Balaban J connectivity index is 1.45. The van der Waals surface area contributed by atoms with Crippen LogP contribution in [0.15, 0.2) is 84.9 Å². The van der Waals surface area contributed by atoms with Gasteiger partial charge in [-0.2, -0.15) is 0 Å². The Kier molecular flexibility index (Phi) is 15.8. The fourth-order valence-electron chi connectivity index (χ4n) is 5.24. The Morgan fingerprint density at radius 1 is 0.741 bits per heavy atom. The molecule has 310 valence electrons. The van der Waals surface area contributed by atoms with E-state index in [0.717, 1.165) is 11.1 Å². The van der Waals surface area contributed by atoms with E-state index in [4.69, 9.17) is 40.0 Å². The van der Waals surface area contributed by atoms with Crippen LogP contribution < -0.4 is 29.7 Å². The Hall–Kier alpha value is -5.95. The maximum atomic E-state index is 13.3. The quantitative estimate of drug-likeness (QED) is 0.0826. The fraction of sp³-hybridized carbons (Fsp3) is 0.364. The van der Waals surface area contributed by atoms with Crippen molar-refractivity contribution in [1.29, 1.82) is 0 Å². The van der Waals surface area contributed by atoms with E-state index in [0.29, 0.717) is 58.1 Å². The third kappa shape index (κ3) is 15.2. The predicted molar refractivity (Wildman–Crippen MR) is 223 cm³/mol. The van der Waals surface area contributed by atoms with Gasteiger partial charge in [-0.1, -0.05) is 29.8 Å². The standard InChI is InChI=1S/C44H52ClN3O10/c1-9-53-40(50)22-14-30-13-17-35(27-38(30)56-33-18-15-31(45)16-19-33)54-24-23-39(49)47-36-21-20-34(26-37(36)48(8)42(52)58-44(5,6)7)55-28-29-11-10-12-32(25-29)46-41(51)57-43(2,3)4/h10-13,15-21,25-27H,9,14,22-24,28H2,1-8H3,(H,46,51)(H,47,49). The van der Waals surface area contributed by atoms with E-state index in [1.165, 1.54) is 11.9 Å². The van der Waals surface area contributed by atoms with Crippen molar-refractivity contribution < 1.29 is 47.6 Å². The second kappa shape index (κ2) is 20.5. The molecule has 0 saturated carbocycles. The third-order valence-corrected chi connectivity index (χ3v) is 8.08. The van der Waals surface area contributed by atoms with Crippen LogP contribution in [0.2, 0.25) is 5.02 Å². The average Bonchev–Trinajstić information content (AvgIpc) is 3.13. The minimum Gasteiger partial charge on any atom is -0.493 e. The predicted octanol–water partition coefficient (Wildman–Crippen LogP) is 10.3. The first-order valence-corrected chi connectivity index (χ1v) is 19.2. The smallest absolute Gasteiger partial charge is 0.414 e. The summed E-state index contributed by atoms with van der Waals surface area (Å²) in [6.45, 7) is 12.8. The number of anilines is 3. The lowest BCUT2D eigenvalue weighted by atomic mass is 10.1. The number of hydrogen-bond donors (Lipinski definition) is 2. The highest BCUT2D eigenvalue weighted by atomic mass is 35.5. The molecule has 0 atom stereocenters. The average molecular weight is 818 g/mol. The lowest BCUT2D eigenvalue weighted by Gasteiger charge is -2.26. The van der Waals surface area contributed by atoms with Crippen molar-refractivity contribution in [3.8, 4) is 23.0 Å². The van der Waals surface area contributed by atoms with Crippen molar-refractivity contribution in [3.05, 3.63) is 101 Å². The van der Waals surface area contributed by atoms with E-state index in [9.17, 15) is 19.2 Å². The number of halogens is 1. The lowest BCUT2D eigenvalue weighted by Crippen LogP contribution is -2.34. The van der Waals surface area contributed by atoms with Crippen molar-refractivity contribution in [2.45, 2.75) is 85.5 Å². The molecule has 4 rings (SSSR count). The minimum atomic E-state index is -0.766. The van der Waals surface area contributed by atoms with E-state index < -0.39 is 23.4 Å². The summed E-state index contributed by atoms with van der Waals surface area (Å²) in [6.07, 6.45) is -0.677. The zero-order chi connectivity index (χ0) is 42.5. The SMILES string of the molecule is CCOC(=O)CCc1ccc(OCCC(=O)Nc2ccc(OCc3cccc(NC(=O)OC(C)(C)C)c3)cc2N(C)C(=O)OC(C)(C)C)cc1Oc1ccc(Cl)cc1. The van der Waals surface area contributed by atoms with Crippen molar-refractivity contribution in [2.75, 3.05) is 35.8 Å². The number of esters is 1. The number of hydrogen-bond acceptors (Lipinski definition) is 10. The van der Waals surface area contributed by atoms with Crippen LogP contribution in [-0.2, 0) is 36.8 Å². The van der Waals surface area contributed by atoms with Crippen LogP contribution in [0.25, 0.3) is 0 Å². The van der Waals surface area contributed by atoms with Gasteiger partial charge in [-0.15, -0.1) is 0 Å². The minimum absolute atomic E-state index is 0.0225. The van der Waals surface area contributed by atoms with Gasteiger partial charge < -0.3 is 33.7 Å². The molecule has 2 N–H and O–H groups in total. The van der Waals surface area contributed by atoms with Crippen molar-refractivity contribution >= 4 is 52.7 Å². The molecule has 13 nitrogen and oxygen atoms in total. The summed E-state index contributed by atoms with van der Waals surface area (Å²) in [5.41, 5.74) is 1.35. The molecule has 4 aromatic carbocycles. The maximum Gasteiger partial charge on any atom is 0.414 e. The highest BCUT2D eigenvalue weighted by molar-refractivity contribution is 6.30. The van der Waals surface area contributed by atoms with Gasteiger partial charge >= 0.3 is 18.2 Å². The van der Waals surface area contributed by atoms with E-state index in [1.807, 2.05) is 6.07 Å². The van der Waals surface area contributed by atoms with Gasteiger partial charge in [0.1, 0.15) is 40.8 Å². The highest BCUT2D eigenvalue weighted by Crippen LogP contribution is 2.33. The molecule has 0 bridgehead atoms. The van der Waals surface area contributed by atoms with Gasteiger partial charge in [-0.05, 0) is 121 Å². The second-order valence-corrected chi connectivity index (χ2v) is 15.5. The van der Waals surface area contributed by atoms with Gasteiger partial charge in [0, 0.05) is 36.3 Å². The first-order chi connectivity index (χ1) is 27.4. The second-order valence-electron chi connectivity index (χ2n) is 15.1. The Morgan fingerprint density at radius 2 is 1.41 bits per heavy atom. The Morgan fingerprint density at radius 3 is 2.10 bits per heavy atom. The summed E-state index contributed by atoms with van der Waals surface area (Å²) < 4.78 is 34.2. The molecule has 0 fully saturated rings. The summed E-state index contributed by atoms with van der Waals surface area (Å²) in [4.78, 5) is 52.1. The monoisotopic (exact) mass is 817 g/mol. The molecule has 14 heteroatoms. The number of nitrogens with zero attached hydrogens (tertiary/aromatic N) is 1. The molecule has 0 aliphatic rings. The van der Waals surface area contributed by atoms with E-state index in [2.05, 4.69) is 10.6 Å². The molecule has 0 aromatic heterocycles. The summed E-state index contributed by atoms with van der Waals surface area (Å²) >= 11 is 6.05. The molecule has 4 aromatic rings. The number of amides is 3. The summed E-state index contributed by atoms with van der Waals surface area (Å²) in [5.74, 6) is 1.21. The third-order valence-electron chi connectivity index (χ3n) is 7.83. The maximum absolute atomic E-state index is 13.3. The molecule has 0 aliphatic carbocycles. The van der Waals surface area contributed by atoms with Gasteiger partial charge in [-0.3, -0.25) is 19.8 Å². The summed E-state index contributed by atoms with van der Waals surface area (Å²) in [5, 5.41) is 6.16. The van der Waals surface area contributed by atoms with Crippen LogP contribution >= 0.6 is 11.6 Å². The van der Waals surface area contributed by atoms with Crippen molar-refractivity contribution in [2.24, 2.45) is 0 Å². The molecule has 0 spiro atoms. The van der Waals surface area contributed by atoms with Gasteiger partial charge in [0.25, 0.3) is 0 Å². The number of ether oxygens (including phenoxy) is 6. The molecule has 0 saturated heterocycles. The largest absolute Gasteiger partial charge is 0.493 e. The van der Waals surface area contributed by atoms with Crippen molar-refractivity contribution in [3.63, 3.8) is 0 Å². The van der Waals surface area contributed by atoms with Crippen LogP contribution in [0.3, 0.4) is 0 Å². The number of carbonyl (C=O) groups is 4. The zero-order valence-corrected chi connectivity index (χ0v) is 35.0. The highest BCUT2D eigenvalue weighted by Gasteiger charge is 2.24. The molecule has 0 heterocycles. The van der Waals surface area contributed by atoms with E-state index in [-0.39, 0.29) is 37.9 Å². The first-order valence-electron chi connectivity index (χ1n) is 18.8. The first kappa shape index (κ1) is 44.8. The van der Waals surface area contributed by atoms with Crippen molar-refractivity contribution in [1.82, 2.24) is 0 Å². The van der Waals surface area contributed by atoms with Crippen LogP contribution in [0.1, 0.15) is 72.4 Å². The molecule has 3 amide bonds. The topological polar surface area (TPSA) is 151 Å². The Labute approximate surface area is 344 Å². The van der Waals surface area contributed by atoms with Gasteiger partial charge in [0.15, 0.2) is 0 Å². The molecule has 0 aliphatic heterocycles. The molecule has 58 heavy (non-hydrogen) atoms. The number of nitrogens with one attached hydrogen (secondary N) is 2. The van der Waals surface area contributed by atoms with E-state index >= 15 is 0 Å². The fourth-order valence-corrected chi connectivity index (χ4v) is 5.37. The molecule has 0 unspecified atom stereocenters. The number of rotatable bonds is 16. The van der Waals surface area contributed by atoms with Crippen LogP contribution in [0.5, 0.6) is 23.0 Å². The van der Waals surface area contributed by atoms with E-state index in [1.54, 1.807) is 127 Å². The lowest BCUT2D eigenvalue weighted by molar-refractivity contribution is -0.143. The van der Waals surface area contributed by atoms with Crippen LogP contribution in [0.4, 0.5) is 26.7 Å². The van der Waals surface area contributed by atoms with Gasteiger partial charge in [0.05, 0.1) is 31.0 Å². The van der Waals surface area contributed by atoms with Crippen LogP contribution in [-0.4, -0.2) is 55.5 Å². The van der Waals surface area contributed by atoms with Gasteiger partial charge in [-0.25, -0.2) is 9.59 Å². The summed E-state index contributed by atoms with van der Waals surface area (Å²) in [7, 11) is 1.54. The Bertz CT molecular complexity index is 2040. The molecule has 0 radical (unpaired) electrons. The van der Waals surface area contributed by atoms with Crippen LogP contribution in [0, 0.1) is 0 Å². The molecular weight excluding hydrogens is 766 g/mol. The normalized spacial score (nSPS) is 11.2. The number of carbonyl (C=O) groups excluding carboxylic acids is 4. The number of benzene rings is 4.